The topological polar surface area (TPSA) is 26.3 Å². The van der Waals surface area contributed by atoms with E-state index in [-0.39, 0.29) is 17.5 Å². The van der Waals surface area contributed by atoms with Crippen LogP contribution in [0.3, 0.4) is 0 Å². The molecule has 9 heavy (non-hydrogen) atoms. The summed E-state index contributed by atoms with van der Waals surface area (Å²) < 4.78 is 4.72. The Bertz CT molecular complexity index is 126. The van der Waals surface area contributed by atoms with Crippen molar-refractivity contribution in [3.63, 3.8) is 0 Å². The molecule has 0 spiro atoms. The average molecular weight is 169 g/mol. The standard InChI is InChI=1S/C5H6Cl2O2/c6-2-4-3(7)1-5(8)9-4/h3-4H,1-2H2. The lowest BCUT2D eigenvalue weighted by atomic mass is 10.2. The summed E-state index contributed by atoms with van der Waals surface area (Å²) in [6.45, 7) is 0. The van der Waals surface area contributed by atoms with Gasteiger partial charge in [-0.05, 0) is 0 Å². The van der Waals surface area contributed by atoms with Crippen molar-refractivity contribution in [2.45, 2.75) is 17.9 Å². The van der Waals surface area contributed by atoms with Crippen LogP contribution in [0.4, 0.5) is 0 Å². The smallest absolute Gasteiger partial charge is 0.307 e. The first-order chi connectivity index (χ1) is 4.24. The molecule has 1 aliphatic heterocycles. The number of carbonyl (C=O) groups excluding carboxylic acids is 1. The molecule has 0 saturated carbocycles. The van der Waals surface area contributed by atoms with E-state index >= 15 is 0 Å². The molecule has 0 radical (unpaired) electrons. The molecule has 0 aromatic rings. The predicted octanol–water partition coefficient (Wildman–Crippen LogP) is 1.15. The van der Waals surface area contributed by atoms with Gasteiger partial charge in [-0.1, -0.05) is 0 Å². The van der Waals surface area contributed by atoms with Gasteiger partial charge in [-0.25, -0.2) is 0 Å². The molecule has 0 aromatic carbocycles. The minimum absolute atomic E-state index is 0.227. The van der Waals surface area contributed by atoms with Gasteiger partial charge in [-0.2, -0.15) is 0 Å². The van der Waals surface area contributed by atoms with Gasteiger partial charge in [0.2, 0.25) is 0 Å². The number of halogens is 2. The van der Waals surface area contributed by atoms with Crippen LogP contribution in [0.25, 0.3) is 0 Å². The van der Waals surface area contributed by atoms with Crippen LogP contribution >= 0.6 is 23.2 Å². The fourth-order valence-electron chi connectivity index (χ4n) is 0.710. The Morgan fingerprint density at radius 3 is 2.67 bits per heavy atom. The molecule has 2 unspecified atom stereocenters. The first kappa shape index (κ1) is 7.16. The highest BCUT2D eigenvalue weighted by molar-refractivity contribution is 6.24. The predicted molar refractivity (Wildman–Crippen MR) is 34.9 cm³/mol. The lowest BCUT2D eigenvalue weighted by molar-refractivity contribution is -0.140. The summed E-state index contributed by atoms with van der Waals surface area (Å²) in [5.41, 5.74) is 0. The highest BCUT2D eigenvalue weighted by atomic mass is 35.5. The van der Waals surface area contributed by atoms with E-state index in [1.54, 1.807) is 0 Å². The van der Waals surface area contributed by atoms with Crippen LogP contribution < -0.4 is 0 Å². The molecule has 52 valence electrons. The monoisotopic (exact) mass is 168 g/mol. The van der Waals surface area contributed by atoms with E-state index in [0.717, 1.165) is 0 Å². The van der Waals surface area contributed by atoms with Crippen LogP contribution in [0.1, 0.15) is 6.42 Å². The first-order valence-electron chi connectivity index (χ1n) is 2.63. The second-order valence-corrected chi connectivity index (χ2v) is 2.77. The summed E-state index contributed by atoms with van der Waals surface area (Å²) in [6, 6.07) is 0. The highest BCUT2D eigenvalue weighted by Crippen LogP contribution is 2.20. The van der Waals surface area contributed by atoms with Crippen molar-refractivity contribution in [2.75, 3.05) is 5.88 Å². The third kappa shape index (κ3) is 1.49. The van der Waals surface area contributed by atoms with Crippen LogP contribution in [-0.2, 0) is 9.53 Å². The number of cyclic esters (lactones) is 1. The fourth-order valence-corrected chi connectivity index (χ4v) is 1.35. The quantitative estimate of drug-likeness (QED) is 0.434. The summed E-state index contributed by atoms with van der Waals surface area (Å²) in [6.07, 6.45) is 0.0136. The molecule has 0 bridgehead atoms. The maximum atomic E-state index is 10.5. The minimum Gasteiger partial charge on any atom is -0.459 e. The molecule has 4 heteroatoms. The fraction of sp³-hybridized carbons (Fsp3) is 0.800. The van der Waals surface area contributed by atoms with Gasteiger partial charge in [0.25, 0.3) is 0 Å². The number of rotatable bonds is 1. The molecule has 0 aromatic heterocycles. The van der Waals surface area contributed by atoms with E-state index in [9.17, 15) is 4.79 Å². The van der Waals surface area contributed by atoms with E-state index in [1.807, 2.05) is 0 Å². The van der Waals surface area contributed by atoms with Crippen molar-refractivity contribution in [1.29, 1.82) is 0 Å². The van der Waals surface area contributed by atoms with E-state index in [0.29, 0.717) is 12.3 Å². The Morgan fingerprint density at radius 1 is 1.78 bits per heavy atom. The molecule has 0 amide bonds. The molecular weight excluding hydrogens is 163 g/mol. The molecule has 2 atom stereocenters. The largest absolute Gasteiger partial charge is 0.459 e. The Labute approximate surface area is 63.1 Å². The molecule has 1 saturated heterocycles. The van der Waals surface area contributed by atoms with Crippen molar-refractivity contribution in [3.8, 4) is 0 Å². The van der Waals surface area contributed by atoms with Crippen LogP contribution in [0.15, 0.2) is 0 Å². The molecule has 1 rings (SSSR count). The van der Waals surface area contributed by atoms with Gasteiger partial charge in [0.15, 0.2) is 0 Å². The van der Waals surface area contributed by atoms with Crippen molar-refractivity contribution < 1.29 is 9.53 Å². The van der Waals surface area contributed by atoms with E-state index in [2.05, 4.69) is 0 Å². The first-order valence-corrected chi connectivity index (χ1v) is 3.60. The zero-order chi connectivity index (χ0) is 6.85. The van der Waals surface area contributed by atoms with Crippen LogP contribution in [0, 0.1) is 0 Å². The number of hydrogen-bond acceptors (Lipinski definition) is 2. The third-order valence-corrected chi connectivity index (χ3v) is 1.94. The Morgan fingerprint density at radius 2 is 2.44 bits per heavy atom. The molecule has 0 aliphatic carbocycles. The summed E-state index contributed by atoms with van der Waals surface area (Å²) in [5, 5.41) is -0.227. The van der Waals surface area contributed by atoms with Crippen molar-refractivity contribution in [3.05, 3.63) is 0 Å². The summed E-state index contributed by atoms with van der Waals surface area (Å²) in [7, 11) is 0. The zero-order valence-electron chi connectivity index (χ0n) is 4.64. The van der Waals surface area contributed by atoms with Gasteiger partial charge in [-0.3, -0.25) is 4.79 Å². The number of ether oxygens (including phenoxy) is 1. The molecule has 1 fully saturated rings. The number of carbonyl (C=O) groups is 1. The summed E-state index contributed by atoms with van der Waals surface area (Å²) in [4.78, 5) is 10.5. The van der Waals surface area contributed by atoms with Gasteiger partial charge >= 0.3 is 5.97 Å². The van der Waals surface area contributed by atoms with Gasteiger partial charge < -0.3 is 4.74 Å². The summed E-state index contributed by atoms with van der Waals surface area (Å²) >= 11 is 11.0. The van der Waals surface area contributed by atoms with Crippen LogP contribution in [0.2, 0.25) is 0 Å². The second kappa shape index (κ2) is 2.76. The maximum absolute atomic E-state index is 10.5. The zero-order valence-corrected chi connectivity index (χ0v) is 6.15. The van der Waals surface area contributed by atoms with Gasteiger partial charge in [-0.15, -0.1) is 23.2 Å². The second-order valence-electron chi connectivity index (χ2n) is 1.90. The third-order valence-electron chi connectivity index (χ3n) is 1.20. The molecule has 2 nitrogen and oxygen atoms in total. The highest BCUT2D eigenvalue weighted by Gasteiger charge is 2.32. The van der Waals surface area contributed by atoms with Crippen LogP contribution in [0.5, 0.6) is 0 Å². The minimum atomic E-state index is -0.277. The van der Waals surface area contributed by atoms with Gasteiger partial charge in [0.05, 0.1) is 17.7 Å². The Hall–Kier alpha value is 0.0500. The van der Waals surface area contributed by atoms with E-state index < -0.39 is 0 Å². The average Bonchev–Trinajstić information content (AvgIpc) is 2.10. The van der Waals surface area contributed by atoms with E-state index in [4.69, 9.17) is 27.9 Å². The number of alkyl halides is 2. The molecular formula is C5H6Cl2O2. The van der Waals surface area contributed by atoms with Crippen molar-refractivity contribution in [2.24, 2.45) is 0 Å². The SMILES string of the molecule is O=C1CC(Cl)C(CCl)O1. The van der Waals surface area contributed by atoms with Gasteiger partial charge in [0.1, 0.15) is 6.10 Å². The lowest BCUT2D eigenvalue weighted by Gasteiger charge is -2.05. The normalized spacial score (nSPS) is 34.7. The Balaban J connectivity index is 2.47. The number of esters is 1. The van der Waals surface area contributed by atoms with Crippen molar-refractivity contribution in [1.82, 2.24) is 0 Å². The molecule has 1 heterocycles. The van der Waals surface area contributed by atoms with Gasteiger partial charge in [0, 0.05) is 0 Å². The van der Waals surface area contributed by atoms with Crippen LogP contribution in [-0.4, -0.2) is 23.3 Å². The van der Waals surface area contributed by atoms with E-state index in [1.165, 1.54) is 0 Å². The molecule has 1 aliphatic rings. The number of hydrogen-bond donors (Lipinski definition) is 0. The Kier molecular flexibility index (Phi) is 2.19. The maximum Gasteiger partial charge on any atom is 0.307 e. The van der Waals surface area contributed by atoms with Crippen molar-refractivity contribution >= 4 is 29.2 Å². The lowest BCUT2D eigenvalue weighted by Crippen LogP contribution is -2.17. The summed E-state index contributed by atoms with van der Waals surface area (Å²) in [5.74, 6) is 0.0422. The molecule has 0 N–H and O–H groups in total.